The van der Waals surface area contributed by atoms with E-state index in [1.807, 2.05) is 24.3 Å². The monoisotopic (exact) mass is 174 g/mol. The Morgan fingerprint density at radius 3 is 2.31 bits per heavy atom. The Morgan fingerprint density at radius 1 is 1.08 bits per heavy atom. The molecule has 2 aromatic rings. The summed E-state index contributed by atoms with van der Waals surface area (Å²) in [6.45, 7) is 0. The molecule has 4 heteroatoms. The van der Waals surface area contributed by atoms with Gasteiger partial charge in [0, 0.05) is 17.4 Å². The molecule has 4 nitrogen and oxygen atoms in total. The molecule has 5 N–H and O–H groups in total. The summed E-state index contributed by atoms with van der Waals surface area (Å²) >= 11 is 0. The van der Waals surface area contributed by atoms with Gasteiger partial charge < -0.3 is 11.5 Å². The summed E-state index contributed by atoms with van der Waals surface area (Å²) < 4.78 is 0. The fourth-order valence-corrected chi connectivity index (χ4v) is 1.19. The summed E-state index contributed by atoms with van der Waals surface area (Å²) in [5.74, 6) is 0.504. The SMILES string of the molecule is Nc1ccc(-c2c[nH]nc2N)cc1. The van der Waals surface area contributed by atoms with Crippen molar-refractivity contribution in [1.82, 2.24) is 10.2 Å². The van der Waals surface area contributed by atoms with Crippen LogP contribution in [0.2, 0.25) is 0 Å². The third kappa shape index (κ3) is 1.33. The Morgan fingerprint density at radius 2 is 1.77 bits per heavy atom. The zero-order valence-corrected chi connectivity index (χ0v) is 6.99. The van der Waals surface area contributed by atoms with Crippen molar-refractivity contribution < 1.29 is 0 Å². The third-order valence-corrected chi connectivity index (χ3v) is 1.89. The fraction of sp³-hybridized carbons (Fsp3) is 0. The highest BCUT2D eigenvalue weighted by Gasteiger charge is 2.03. The molecule has 0 unspecified atom stereocenters. The summed E-state index contributed by atoms with van der Waals surface area (Å²) in [5, 5.41) is 6.54. The Balaban J connectivity index is 2.47. The predicted octanol–water partition coefficient (Wildman–Crippen LogP) is 1.24. The van der Waals surface area contributed by atoms with Crippen LogP contribution in [0.4, 0.5) is 11.5 Å². The van der Waals surface area contributed by atoms with Gasteiger partial charge >= 0.3 is 0 Å². The lowest BCUT2D eigenvalue weighted by Crippen LogP contribution is -1.88. The van der Waals surface area contributed by atoms with E-state index in [0.29, 0.717) is 5.82 Å². The molecular formula is C9H10N4. The molecule has 1 aromatic heterocycles. The summed E-state index contributed by atoms with van der Waals surface area (Å²) in [4.78, 5) is 0. The van der Waals surface area contributed by atoms with Crippen molar-refractivity contribution in [2.24, 2.45) is 0 Å². The van der Waals surface area contributed by atoms with Crippen LogP contribution in [0, 0.1) is 0 Å². The summed E-state index contributed by atoms with van der Waals surface area (Å²) in [5.41, 5.74) is 13.9. The van der Waals surface area contributed by atoms with Crippen molar-refractivity contribution in [3.63, 3.8) is 0 Å². The first-order valence-corrected chi connectivity index (χ1v) is 3.92. The van der Waals surface area contributed by atoms with Gasteiger partial charge in [0.25, 0.3) is 0 Å². The molecule has 2 rings (SSSR count). The molecule has 0 saturated carbocycles. The van der Waals surface area contributed by atoms with Gasteiger partial charge in [0.1, 0.15) is 0 Å². The van der Waals surface area contributed by atoms with Crippen molar-refractivity contribution in [1.29, 1.82) is 0 Å². The number of H-pyrrole nitrogens is 1. The molecule has 0 atom stereocenters. The Labute approximate surface area is 75.6 Å². The van der Waals surface area contributed by atoms with Crippen LogP contribution in [0.1, 0.15) is 0 Å². The van der Waals surface area contributed by atoms with Gasteiger partial charge in [-0.3, -0.25) is 5.10 Å². The van der Waals surface area contributed by atoms with Crippen LogP contribution in [0.3, 0.4) is 0 Å². The van der Waals surface area contributed by atoms with Crippen LogP contribution in [0.15, 0.2) is 30.5 Å². The zero-order chi connectivity index (χ0) is 9.26. The van der Waals surface area contributed by atoms with Crippen molar-refractivity contribution in [2.45, 2.75) is 0 Å². The maximum absolute atomic E-state index is 5.64. The van der Waals surface area contributed by atoms with Crippen LogP contribution >= 0.6 is 0 Å². The maximum atomic E-state index is 5.64. The molecule has 0 aliphatic rings. The maximum Gasteiger partial charge on any atom is 0.153 e. The molecule has 0 radical (unpaired) electrons. The van der Waals surface area contributed by atoms with E-state index in [9.17, 15) is 0 Å². The molecule has 66 valence electrons. The van der Waals surface area contributed by atoms with Crippen LogP contribution in [-0.2, 0) is 0 Å². The van der Waals surface area contributed by atoms with Crippen LogP contribution < -0.4 is 11.5 Å². The van der Waals surface area contributed by atoms with Crippen molar-refractivity contribution in [3.05, 3.63) is 30.5 Å². The van der Waals surface area contributed by atoms with Crippen LogP contribution in [0.25, 0.3) is 11.1 Å². The van der Waals surface area contributed by atoms with Crippen molar-refractivity contribution in [2.75, 3.05) is 11.5 Å². The number of nitrogens with zero attached hydrogens (tertiary/aromatic N) is 1. The third-order valence-electron chi connectivity index (χ3n) is 1.89. The number of hydrogen-bond acceptors (Lipinski definition) is 3. The molecule has 13 heavy (non-hydrogen) atoms. The Kier molecular flexibility index (Phi) is 1.66. The van der Waals surface area contributed by atoms with Gasteiger partial charge in [0.2, 0.25) is 0 Å². The van der Waals surface area contributed by atoms with E-state index in [0.717, 1.165) is 16.8 Å². The lowest BCUT2D eigenvalue weighted by Gasteiger charge is -1.98. The van der Waals surface area contributed by atoms with Crippen LogP contribution in [-0.4, -0.2) is 10.2 Å². The van der Waals surface area contributed by atoms with Gasteiger partial charge in [-0.05, 0) is 17.7 Å². The first-order chi connectivity index (χ1) is 6.27. The second-order valence-corrected chi connectivity index (χ2v) is 2.81. The fourth-order valence-electron chi connectivity index (χ4n) is 1.19. The minimum Gasteiger partial charge on any atom is -0.399 e. The normalized spacial score (nSPS) is 10.2. The molecule has 1 aromatic carbocycles. The number of anilines is 2. The van der Waals surface area contributed by atoms with Gasteiger partial charge in [-0.2, -0.15) is 5.10 Å². The van der Waals surface area contributed by atoms with E-state index in [2.05, 4.69) is 10.2 Å². The van der Waals surface area contributed by atoms with E-state index in [1.54, 1.807) is 6.20 Å². The van der Waals surface area contributed by atoms with Crippen molar-refractivity contribution in [3.8, 4) is 11.1 Å². The van der Waals surface area contributed by atoms with Gasteiger partial charge in [0.05, 0.1) is 0 Å². The van der Waals surface area contributed by atoms with Gasteiger partial charge in [0.15, 0.2) is 5.82 Å². The van der Waals surface area contributed by atoms with Crippen molar-refractivity contribution >= 4 is 11.5 Å². The first-order valence-electron chi connectivity index (χ1n) is 3.92. The molecule has 0 aliphatic heterocycles. The van der Waals surface area contributed by atoms with Crippen LogP contribution in [0.5, 0.6) is 0 Å². The molecule has 0 spiro atoms. The highest BCUT2D eigenvalue weighted by molar-refractivity contribution is 5.73. The highest BCUT2D eigenvalue weighted by atomic mass is 15.1. The molecule has 0 saturated heterocycles. The predicted molar refractivity (Wildman–Crippen MR) is 52.8 cm³/mol. The second-order valence-electron chi connectivity index (χ2n) is 2.81. The second kappa shape index (κ2) is 2.82. The van der Waals surface area contributed by atoms with E-state index in [-0.39, 0.29) is 0 Å². The molecule has 0 bridgehead atoms. The number of benzene rings is 1. The van der Waals surface area contributed by atoms with E-state index < -0.39 is 0 Å². The standard InChI is InChI=1S/C9H10N4/c10-7-3-1-6(2-4-7)8-5-12-13-9(8)11/h1-5H,10H2,(H3,11,12,13). The van der Waals surface area contributed by atoms with Gasteiger partial charge in [-0.25, -0.2) is 0 Å². The molecular weight excluding hydrogens is 164 g/mol. The smallest absolute Gasteiger partial charge is 0.153 e. The number of rotatable bonds is 1. The van der Waals surface area contributed by atoms with E-state index >= 15 is 0 Å². The summed E-state index contributed by atoms with van der Waals surface area (Å²) in [7, 11) is 0. The topological polar surface area (TPSA) is 80.7 Å². The lowest BCUT2D eigenvalue weighted by molar-refractivity contribution is 1.10. The number of aromatic amines is 1. The minimum absolute atomic E-state index is 0.504. The largest absolute Gasteiger partial charge is 0.399 e. The van der Waals surface area contributed by atoms with E-state index in [4.69, 9.17) is 11.5 Å². The van der Waals surface area contributed by atoms with Gasteiger partial charge in [-0.1, -0.05) is 12.1 Å². The average Bonchev–Trinajstić information content (AvgIpc) is 2.53. The summed E-state index contributed by atoms with van der Waals surface area (Å²) in [6.07, 6.45) is 1.76. The lowest BCUT2D eigenvalue weighted by atomic mass is 10.1. The van der Waals surface area contributed by atoms with Gasteiger partial charge in [-0.15, -0.1) is 0 Å². The number of hydrogen-bond donors (Lipinski definition) is 3. The molecule has 1 heterocycles. The number of nitrogens with one attached hydrogen (secondary N) is 1. The number of aromatic nitrogens is 2. The highest BCUT2D eigenvalue weighted by Crippen LogP contribution is 2.23. The molecule has 0 amide bonds. The number of nitrogen functional groups attached to an aromatic ring is 2. The zero-order valence-electron chi connectivity index (χ0n) is 6.99. The number of nitrogens with two attached hydrogens (primary N) is 2. The first kappa shape index (κ1) is 7.67. The summed E-state index contributed by atoms with van der Waals surface area (Å²) in [6, 6.07) is 7.50. The molecule has 0 fully saturated rings. The van der Waals surface area contributed by atoms with E-state index in [1.165, 1.54) is 0 Å². The molecule has 0 aliphatic carbocycles. The Bertz CT molecular complexity index is 402. The average molecular weight is 174 g/mol. The quantitative estimate of drug-likeness (QED) is 0.569. The Hall–Kier alpha value is -1.97. The minimum atomic E-state index is 0.504.